The highest BCUT2D eigenvalue weighted by Crippen LogP contribution is 2.29. The van der Waals surface area contributed by atoms with Gasteiger partial charge in [0, 0.05) is 30.8 Å². The molecule has 1 heterocycles. The predicted octanol–water partition coefficient (Wildman–Crippen LogP) is 4.50. The SMILES string of the molecule is CONc1cnc(NCc2ccccc2OC(F)(F)F)cc1NCC1CCC(N)CC1. The molecule has 1 aromatic heterocycles. The molecule has 0 aliphatic heterocycles. The molecule has 0 bridgehead atoms. The van der Waals surface area contributed by atoms with Crippen LogP contribution in [0, 0.1) is 5.92 Å². The molecule has 10 heteroatoms. The van der Waals surface area contributed by atoms with E-state index in [4.69, 9.17) is 10.6 Å². The van der Waals surface area contributed by atoms with Crippen LogP contribution in [0.3, 0.4) is 0 Å². The van der Waals surface area contributed by atoms with Crippen LogP contribution in [0.4, 0.5) is 30.4 Å². The van der Waals surface area contributed by atoms with Gasteiger partial charge in [-0.05, 0) is 37.7 Å². The average molecular weight is 439 g/mol. The third kappa shape index (κ3) is 7.18. The maximum atomic E-state index is 12.6. The van der Waals surface area contributed by atoms with Crippen molar-refractivity contribution in [2.75, 3.05) is 29.8 Å². The summed E-state index contributed by atoms with van der Waals surface area (Å²) in [6.45, 7) is 0.910. The van der Waals surface area contributed by atoms with E-state index in [1.807, 2.05) is 0 Å². The minimum Gasteiger partial charge on any atom is -0.405 e. The van der Waals surface area contributed by atoms with Crippen LogP contribution in [0.1, 0.15) is 31.2 Å². The summed E-state index contributed by atoms with van der Waals surface area (Å²) in [6, 6.07) is 8.09. The maximum Gasteiger partial charge on any atom is 0.573 e. The Morgan fingerprint density at radius 2 is 1.84 bits per heavy atom. The van der Waals surface area contributed by atoms with Crippen LogP contribution < -0.4 is 26.6 Å². The molecule has 31 heavy (non-hydrogen) atoms. The van der Waals surface area contributed by atoms with Gasteiger partial charge in [0.05, 0.1) is 19.0 Å². The second kappa shape index (κ2) is 10.5. The molecule has 170 valence electrons. The van der Waals surface area contributed by atoms with Crippen molar-refractivity contribution in [3.63, 3.8) is 0 Å². The molecule has 1 saturated carbocycles. The summed E-state index contributed by atoms with van der Waals surface area (Å²) < 4.78 is 42.0. The monoisotopic (exact) mass is 439 g/mol. The number of pyridine rings is 1. The minimum absolute atomic E-state index is 0.121. The number of aromatic nitrogens is 1. The van der Waals surface area contributed by atoms with Crippen molar-refractivity contribution in [1.82, 2.24) is 4.98 Å². The third-order valence-corrected chi connectivity index (χ3v) is 5.25. The lowest BCUT2D eigenvalue weighted by Crippen LogP contribution is -2.29. The molecule has 0 amide bonds. The third-order valence-electron chi connectivity index (χ3n) is 5.25. The van der Waals surface area contributed by atoms with E-state index in [0.29, 0.717) is 29.0 Å². The van der Waals surface area contributed by atoms with Gasteiger partial charge in [0.2, 0.25) is 0 Å². The van der Waals surface area contributed by atoms with Crippen molar-refractivity contribution in [1.29, 1.82) is 0 Å². The lowest BCUT2D eigenvalue weighted by Gasteiger charge is -2.27. The number of para-hydroxylation sites is 1. The summed E-state index contributed by atoms with van der Waals surface area (Å²) in [5.41, 5.74) is 10.6. The largest absolute Gasteiger partial charge is 0.573 e. The molecule has 5 N–H and O–H groups in total. The van der Waals surface area contributed by atoms with Crippen molar-refractivity contribution < 1.29 is 22.7 Å². The lowest BCUT2D eigenvalue weighted by molar-refractivity contribution is -0.274. The van der Waals surface area contributed by atoms with Crippen LogP contribution in [0.15, 0.2) is 36.5 Å². The number of alkyl halides is 3. The molecule has 0 radical (unpaired) electrons. The van der Waals surface area contributed by atoms with Gasteiger partial charge in [0.1, 0.15) is 17.3 Å². The Labute approximate surface area is 179 Å². The van der Waals surface area contributed by atoms with Crippen LogP contribution >= 0.6 is 0 Å². The molecule has 1 aliphatic rings. The zero-order chi connectivity index (χ0) is 22.3. The van der Waals surface area contributed by atoms with Crippen molar-refractivity contribution >= 4 is 17.2 Å². The van der Waals surface area contributed by atoms with Gasteiger partial charge in [0.25, 0.3) is 0 Å². The quantitative estimate of drug-likeness (QED) is 0.428. The Morgan fingerprint density at radius 3 is 2.55 bits per heavy atom. The molecule has 0 atom stereocenters. The standard InChI is InChI=1S/C21H28F3N5O2/c1-30-29-18-13-28-20(10-17(18)26-11-14-6-8-16(25)9-7-14)27-12-15-4-2-3-5-19(15)31-21(22,23)24/h2-5,10,13-14,16,29H,6-9,11-12,25H2,1H3,(H2,26,27,28). The number of hydrogen-bond acceptors (Lipinski definition) is 7. The predicted molar refractivity (Wildman–Crippen MR) is 114 cm³/mol. The molecule has 0 saturated heterocycles. The number of nitrogens with zero attached hydrogens (tertiary/aromatic N) is 1. The van der Waals surface area contributed by atoms with Gasteiger partial charge < -0.3 is 21.1 Å². The van der Waals surface area contributed by atoms with Crippen LogP contribution in [0.25, 0.3) is 0 Å². The van der Waals surface area contributed by atoms with E-state index >= 15 is 0 Å². The maximum absolute atomic E-state index is 12.6. The van der Waals surface area contributed by atoms with E-state index in [2.05, 4.69) is 25.8 Å². The zero-order valence-corrected chi connectivity index (χ0v) is 17.3. The Bertz CT molecular complexity index is 842. The molecular formula is C21H28F3N5O2. The molecule has 7 nitrogen and oxygen atoms in total. The van der Waals surface area contributed by atoms with E-state index < -0.39 is 6.36 Å². The van der Waals surface area contributed by atoms with Crippen LogP contribution in [0.5, 0.6) is 5.75 Å². The lowest BCUT2D eigenvalue weighted by atomic mass is 9.86. The van der Waals surface area contributed by atoms with Crippen LogP contribution in [-0.2, 0) is 11.4 Å². The van der Waals surface area contributed by atoms with Crippen molar-refractivity contribution in [2.45, 2.75) is 44.6 Å². The summed E-state index contributed by atoms with van der Waals surface area (Å²) >= 11 is 0. The first-order chi connectivity index (χ1) is 14.8. The molecule has 0 spiro atoms. The Kier molecular flexibility index (Phi) is 7.80. The van der Waals surface area contributed by atoms with Gasteiger partial charge >= 0.3 is 6.36 Å². The molecule has 1 aromatic carbocycles. The second-order valence-electron chi connectivity index (χ2n) is 7.59. The smallest absolute Gasteiger partial charge is 0.405 e. The first kappa shape index (κ1) is 23.0. The molecular weight excluding hydrogens is 411 g/mol. The summed E-state index contributed by atoms with van der Waals surface area (Å²) in [6.07, 6.45) is 1.06. The Balaban J connectivity index is 1.66. The van der Waals surface area contributed by atoms with Crippen molar-refractivity contribution in [2.24, 2.45) is 11.7 Å². The summed E-state index contributed by atoms with van der Waals surface area (Å²) in [7, 11) is 1.51. The van der Waals surface area contributed by atoms with Gasteiger partial charge in [-0.3, -0.25) is 10.3 Å². The highest BCUT2D eigenvalue weighted by Gasteiger charge is 2.32. The fraction of sp³-hybridized carbons (Fsp3) is 0.476. The van der Waals surface area contributed by atoms with Gasteiger partial charge in [-0.15, -0.1) is 13.2 Å². The number of nitrogens with two attached hydrogens (primary N) is 1. The van der Waals surface area contributed by atoms with Gasteiger partial charge in [-0.25, -0.2) is 4.98 Å². The highest BCUT2D eigenvalue weighted by atomic mass is 19.4. The van der Waals surface area contributed by atoms with E-state index in [9.17, 15) is 13.2 Å². The second-order valence-corrected chi connectivity index (χ2v) is 7.59. The topological polar surface area (TPSA) is 93.5 Å². The normalized spacial score (nSPS) is 19.0. The van der Waals surface area contributed by atoms with E-state index in [1.54, 1.807) is 24.4 Å². The Hall–Kier alpha value is -2.72. The van der Waals surface area contributed by atoms with E-state index in [1.165, 1.54) is 19.2 Å². The number of halogens is 3. The fourth-order valence-electron chi connectivity index (χ4n) is 3.60. The fourth-order valence-corrected chi connectivity index (χ4v) is 3.60. The summed E-state index contributed by atoms with van der Waals surface area (Å²) in [5.74, 6) is 0.803. The highest BCUT2D eigenvalue weighted by molar-refractivity contribution is 5.70. The first-order valence-electron chi connectivity index (χ1n) is 10.2. The van der Waals surface area contributed by atoms with Gasteiger partial charge in [-0.2, -0.15) is 0 Å². The number of anilines is 3. The molecule has 1 fully saturated rings. The van der Waals surface area contributed by atoms with Crippen molar-refractivity contribution in [3.05, 3.63) is 42.1 Å². The number of nitrogens with one attached hydrogen (secondary N) is 3. The van der Waals surface area contributed by atoms with Crippen molar-refractivity contribution in [3.8, 4) is 5.75 Å². The van der Waals surface area contributed by atoms with E-state index in [0.717, 1.165) is 37.9 Å². The van der Waals surface area contributed by atoms with E-state index in [-0.39, 0.29) is 12.3 Å². The molecule has 1 aliphatic carbocycles. The van der Waals surface area contributed by atoms with Gasteiger partial charge in [-0.1, -0.05) is 18.2 Å². The van der Waals surface area contributed by atoms with Gasteiger partial charge in [0.15, 0.2) is 0 Å². The summed E-state index contributed by atoms with van der Waals surface area (Å²) in [4.78, 5) is 9.32. The number of ether oxygens (including phenoxy) is 1. The first-order valence-corrected chi connectivity index (χ1v) is 10.2. The number of rotatable bonds is 9. The zero-order valence-electron chi connectivity index (χ0n) is 17.3. The average Bonchev–Trinajstić information content (AvgIpc) is 2.73. The minimum atomic E-state index is -4.75. The molecule has 2 aromatic rings. The van der Waals surface area contributed by atoms with Crippen LogP contribution in [-0.4, -0.2) is 31.0 Å². The number of hydrogen-bond donors (Lipinski definition) is 4. The van der Waals surface area contributed by atoms with Crippen LogP contribution in [0.2, 0.25) is 0 Å². The molecule has 0 unspecified atom stereocenters. The summed E-state index contributed by atoms with van der Waals surface area (Å²) in [5, 5.41) is 6.48. The number of benzene rings is 1. The molecule has 3 rings (SSSR count). The Morgan fingerprint density at radius 1 is 1.10 bits per heavy atom.